The Morgan fingerprint density at radius 2 is 2.11 bits per heavy atom. The number of hydrogen-bond donors (Lipinski definition) is 2. The Kier molecular flexibility index (Phi) is 3.13. The van der Waals surface area contributed by atoms with E-state index in [1.807, 2.05) is 22.4 Å². The summed E-state index contributed by atoms with van der Waals surface area (Å²) in [5.41, 5.74) is 0. The van der Waals surface area contributed by atoms with Crippen molar-refractivity contribution in [1.82, 2.24) is 15.1 Å². The molecular weight excluding hydrogens is 254 g/mol. The van der Waals surface area contributed by atoms with Crippen molar-refractivity contribution < 1.29 is 14.6 Å². The largest absolute Gasteiger partial charge is 0.419 e. The van der Waals surface area contributed by atoms with E-state index in [4.69, 9.17) is 4.42 Å². The number of thiophene rings is 1. The summed E-state index contributed by atoms with van der Waals surface area (Å²) in [7, 11) is 0. The van der Waals surface area contributed by atoms with Crippen LogP contribution in [-0.4, -0.2) is 50.6 Å². The smallest absolute Gasteiger partial charge is 0.257 e. The average Bonchev–Trinajstić information content (AvgIpc) is 3.02. The predicted octanol–water partition coefficient (Wildman–Crippen LogP) is 0.336. The minimum absolute atomic E-state index is 0.428. The number of aliphatic hydroxyl groups is 2. The third kappa shape index (κ3) is 2.30. The molecule has 1 aliphatic rings. The molecule has 0 bridgehead atoms. The van der Waals surface area contributed by atoms with Crippen LogP contribution < -0.4 is 0 Å². The third-order valence-electron chi connectivity index (χ3n) is 2.89. The summed E-state index contributed by atoms with van der Waals surface area (Å²) >= 11 is 1.54. The zero-order valence-electron chi connectivity index (χ0n) is 9.56. The van der Waals surface area contributed by atoms with Crippen molar-refractivity contribution >= 4 is 11.3 Å². The van der Waals surface area contributed by atoms with Crippen LogP contribution in [0, 0.1) is 0 Å². The van der Waals surface area contributed by atoms with Crippen LogP contribution in [0.3, 0.4) is 0 Å². The Morgan fingerprint density at radius 1 is 1.33 bits per heavy atom. The highest BCUT2D eigenvalue weighted by atomic mass is 32.1. The van der Waals surface area contributed by atoms with E-state index in [-0.39, 0.29) is 0 Å². The van der Waals surface area contributed by atoms with E-state index >= 15 is 0 Å². The Balaban J connectivity index is 1.68. The fourth-order valence-corrected chi connectivity index (χ4v) is 2.63. The minimum atomic E-state index is -0.690. The predicted molar refractivity (Wildman–Crippen MR) is 64.9 cm³/mol. The zero-order chi connectivity index (χ0) is 12.5. The van der Waals surface area contributed by atoms with Gasteiger partial charge in [0, 0.05) is 13.1 Å². The SMILES string of the molecule is OC1CN(Cc2nnc(-c3cccs3)o2)CC1O. The first-order valence-corrected chi connectivity index (χ1v) is 6.55. The topological polar surface area (TPSA) is 82.6 Å². The maximum Gasteiger partial charge on any atom is 0.257 e. The number of rotatable bonds is 3. The van der Waals surface area contributed by atoms with Gasteiger partial charge in [-0.25, -0.2) is 0 Å². The summed E-state index contributed by atoms with van der Waals surface area (Å²) in [6.45, 7) is 1.31. The number of aromatic nitrogens is 2. The van der Waals surface area contributed by atoms with Crippen LogP contribution in [0.5, 0.6) is 0 Å². The second-order valence-corrected chi connectivity index (χ2v) is 5.25. The van der Waals surface area contributed by atoms with Crippen molar-refractivity contribution in [2.75, 3.05) is 13.1 Å². The second kappa shape index (κ2) is 4.77. The first-order valence-electron chi connectivity index (χ1n) is 5.67. The molecule has 0 spiro atoms. The van der Waals surface area contributed by atoms with Gasteiger partial charge in [0.2, 0.25) is 5.89 Å². The number of nitrogens with zero attached hydrogens (tertiary/aromatic N) is 3. The quantitative estimate of drug-likeness (QED) is 0.834. The summed E-state index contributed by atoms with van der Waals surface area (Å²) in [5.74, 6) is 1.01. The molecular formula is C11H13N3O3S. The van der Waals surface area contributed by atoms with Crippen molar-refractivity contribution in [3.8, 4) is 10.8 Å². The Hall–Kier alpha value is -1.28. The monoisotopic (exact) mass is 267 g/mol. The van der Waals surface area contributed by atoms with Crippen LogP contribution >= 0.6 is 11.3 Å². The molecule has 2 atom stereocenters. The van der Waals surface area contributed by atoms with Crippen LogP contribution in [0.1, 0.15) is 5.89 Å². The molecule has 1 saturated heterocycles. The van der Waals surface area contributed by atoms with Gasteiger partial charge in [-0.2, -0.15) is 0 Å². The maximum absolute atomic E-state index is 9.44. The van der Waals surface area contributed by atoms with Gasteiger partial charge < -0.3 is 14.6 Å². The van der Waals surface area contributed by atoms with Crippen LogP contribution in [0.15, 0.2) is 21.9 Å². The third-order valence-corrected chi connectivity index (χ3v) is 3.75. The van der Waals surface area contributed by atoms with Gasteiger partial charge in [-0.05, 0) is 11.4 Å². The maximum atomic E-state index is 9.44. The summed E-state index contributed by atoms with van der Waals surface area (Å²) in [4.78, 5) is 2.83. The van der Waals surface area contributed by atoms with E-state index in [0.29, 0.717) is 31.4 Å². The standard InChI is InChI=1S/C11H13N3O3S/c15-7-4-14(5-8(7)16)6-10-12-13-11(17-10)9-2-1-3-18-9/h1-3,7-8,15-16H,4-6H2. The molecule has 1 aliphatic heterocycles. The minimum Gasteiger partial charge on any atom is -0.419 e. The molecule has 7 heteroatoms. The highest BCUT2D eigenvalue weighted by Gasteiger charge is 2.30. The summed E-state index contributed by atoms with van der Waals surface area (Å²) in [5, 5.41) is 28.8. The fraction of sp³-hybridized carbons (Fsp3) is 0.455. The van der Waals surface area contributed by atoms with Crippen LogP contribution in [0.25, 0.3) is 10.8 Å². The summed E-state index contributed by atoms with van der Waals surface area (Å²) in [6.07, 6.45) is -1.38. The highest BCUT2D eigenvalue weighted by Crippen LogP contribution is 2.23. The van der Waals surface area contributed by atoms with Crippen LogP contribution in [-0.2, 0) is 6.54 Å². The molecule has 3 rings (SSSR count). The van der Waals surface area contributed by atoms with E-state index in [1.165, 1.54) is 0 Å². The molecule has 18 heavy (non-hydrogen) atoms. The van der Waals surface area contributed by atoms with E-state index < -0.39 is 12.2 Å². The molecule has 0 radical (unpaired) electrons. The lowest BCUT2D eigenvalue weighted by Crippen LogP contribution is -2.22. The van der Waals surface area contributed by atoms with Crippen LogP contribution in [0.4, 0.5) is 0 Å². The van der Waals surface area contributed by atoms with Gasteiger partial charge in [0.1, 0.15) is 0 Å². The lowest BCUT2D eigenvalue weighted by atomic mass is 10.3. The summed E-state index contributed by atoms with van der Waals surface area (Å²) in [6, 6.07) is 3.85. The molecule has 1 fully saturated rings. The Bertz CT molecular complexity index is 503. The molecule has 2 aromatic rings. The van der Waals surface area contributed by atoms with Crippen molar-refractivity contribution in [3.05, 3.63) is 23.4 Å². The average molecular weight is 267 g/mol. The number of β-amino-alcohol motifs (C(OH)–C–C–N with tert-alkyl or cyclic N) is 2. The molecule has 0 aromatic carbocycles. The lowest BCUT2D eigenvalue weighted by molar-refractivity contribution is 0.0572. The van der Waals surface area contributed by atoms with Gasteiger partial charge >= 0.3 is 0 Å². The number of hydrogen-bond acceptors (Lipinski definition) is 7. The van der Waals surface area contributed by atoms with Crippen molar-refractivity contribution in [1.29, 1.82) is 0 Å². The van der Waals surface area contributed by atoms with Crippen molar-refractivity contribution in [3.63, 3.8) is 0 Å². The fourth-order valence-electron chi connectivity index (χ4n) is 1.98. The number of likely N-dealkylation sites (tertiary alicyclic amines) is 1. The first kappa shape index (κ1) is 11.8. The lowest BCUT2D eigenvalue weighted by Gasteiger charge is -2.10. The van der Waals surface area contributed by atoms with Crippen molar-refractivity contribution in [2.24, 2.45) is 0 Å². The van der Waals surface area contributed by atoms with Gasteiger partial charge in [0.25, 0.3) is 5.89 Å². The molecule has 0 saturated carbocycles. The highest BCUT2D eigenvalue weighted by molar-refractivity contribution is 7.13. The van der Waals surface area contributed by atoms with E-state index in [2.05, 4.69) is 10.2 Å². The zero-order valence-corrected chi connectivity index (χ0v) is 10.4. The van der Waals surface area contributed by atoms with Gasteiger partial charge in [-0.15, -0.1) is 21.5 Å². The van der Waals surface area contributed by atoms with Crippen LogP contribution in [0.2, 0.25) is 0 Å². The molecule has 0 amide bonds. The number of aliphatic hydroxyl groups excluding tert-OH is 2. The van der Waals surface area contributed by atoms with E-state index in [0.717, 1.165) is 4.88 Å². The first-order chi connectivity index (χ1) is 8.72. The molecule has 0 aliphatic carbocycles. The Morgan fingerprint density at radius 3 is 2.78 bits per heavy atom. The van der Waals surface area contributed by atoms with Gasteiger partial charge in [0.15, 0.2) is 0 Å². The molecule has 2 unspecified atom stereocenters. The Labute approximate surface area is 107 Å². The molecule has 2 N–H and O–H groups in total. The van der Waals surface area contributed by atoms with Gasteiger partial charge in [-0.1, -0.05) is 6.07 Å². The second-order valence-electron chi connectivity index (χ2n) is 4.31. The van der Waals surface area contributed by atoms with Gasteiger partial charge in [-0.3, -0.25) is 4.90 Å². The van der Waals surface area contributed by atoms with Crippen molar-refractivity contribution in [2.45, 2.75) is 18.8 Å². The molecule has 96 valence electrons. The van der Waals surface area contributed by atoms with Gasteiger partial charge in [0.05, 0.1) is 23.6 Å². The summed E-state index contributed by atoms with van der Waals surface area (Å²) < 4.78 is 5.54. The molecule has 3 heterocycles. The van der Waals surface area contributed by atoms with E-state index in [1.54, 1.807) is 11.3 Å². The normalized spacial score (nSPS) is 24.8. The molecule has 2 aromatic heterocycles. The molecule has 6 nitrogen and oxygen atoms in total. The van der Waals surface area contributed by atoms with E-state index in [9.17, 15) is 10.2 Å².